The lowest BCUT2D eigenvalue weighted by atomic mass is 10.0. The molecule has 0 bridgehead atoms. The minimum absolute atomic E-state index is 0.131. The molecule has 7 N–H and O–H groups in total. The standard InChI is InChI=1S/C20H31N5O5/c1-20(2,3)30-19(29)25-15(12-13-8-5-4-6-9-13)16(26)24-14(17(27)28)10-7-11-23-18(21)22/h4-6,8-9,14-15H,7,10-12H2,1-3H3,(H,24,26)(H,25,29)(H,27,28)(H4,21,22,23)/t14-,15+/m0/s1. The number of carbonyl (C=O) groups is 3. The maximum atomic E-state index is 12.8. The van der Waals surface area contributed by atoms with Crippen molar-refractivity contribution < 1.29 is 24.2 Å². The summed E-state index contributed by atoms with van der Waals surface area (Å²) in [6, 6.07) is 6.89. The van der Waals surface area contributed by atoms with Gasteiger partial charge in [-0.15, -0.1) is 0 Å². The van der Waals surface area contributed by atoms with Crippen LogP contribution in [-0.4, -0.2) is 53.3 Å². The maximum Gasteiger partial charge on any atom is 0.408 e. The highest BCUT2D eigenvalue weighted by Gasteiger charge is 2.28. The van der Waals surface area contributed by atoms with Crippen molar-refractivity contribution in [1.82, 2.24) is 16.0 Å². The number of benzene rings is 1. The lowest BCUT2D eigenvalue weighted by molar-refractivity contribution is -0.142. The van der Waals surface area contributed by atoms with Gasteiger partial charge in [0.15, 0.2) is 5.96 Å². The SMILES string of the molecule is CC(C)(C)OC(=O)N[C@H](Cc1ccccc1)C(=O)N[C@@H](CCCNC(=N)N)C(=O)O. The van der Waals surface area contributed by atoms with E-state index < -0.39 is 35.7 Å². The van der Waals surface area contributed by atoms with Crippen molar-refractivity contribution in [3.63, 3.8) is 0 Å². The normalized spacial score (nSPS) is 12.9. The van der Waals surface area contributed by atoms with Gasteiger partial charge in [-0.1, -0.05) is 30.3 Å². The number of ether oxygens (including phenoxy) is 1. The molecule has 0 aliphatic heterocycles. The monoisotopic (exact) mass is 421 g/mol. The second-order valence-corrected chi connectivity index (χ2v) is 7.77. The molecule has 1 aromatic rings. The molecule has 0 fully saturated rings. The Morgan fingerprint density at radius 3 is 2.30 bits per heavy atom. The van der Waals surface area contributed by atoms with Crippen molar-refractivity contribution in [2.24, 2.45) is 5.73 Å². The van der Waals surface area contributed by atoms with Gasteiger partial charge in [0.1, 0.15) is 17.7 Å². The van der Waals surface area contributed by atoms with E-state index in [1.807, 2.05) is 6.07 Å². The number of hydrogen-bond acceptors (Lipinski definition) is 5. The summed E-state index contributed by atoms with van der Waals surface area (Å²) in [6.45, 7) is 5.41. The first-order valence-corrected chi connectivity index (χ1v) is 9.62. The molecule has 0 aliphatic rings. The maximum absolute atomic E-state index is 12.8. The van der Waals surface area contributed by atoms with Gasteiger partial charge in [-0.25, -0.2) is 9.59 Å². The van der Waals surface area contributed by atoms with Crippen LogP contribution in [0.4, 0.5) is 4.79 Å². The zero-order valence-electron chi connectivity index (χ0n) is 17.5. The van der Waals surface area contributed by atoms with Crippen molar-refractivity contribution in [2.45, 2.75) is 57.7 Å². The average Bonchev–Trinajstić information content (AvgIpc) is 2.62. The summed E-state index contributed by atoms with van der Waals surface area (Å²) in [7, 11) is 0. The topological polar surface area (TPSA) is 167 Å². The Kier molecular flexibility index (Phi) is 9.60. The van der Waals surface area contributed by atoms with Gasteiger partial charge in [-0.05, 0) is 39.2 Å². The van der Waals surface area contributed by atoms with Crippen LogP contribution in [0.15, 0.2) is 30.3 Å². The average molecular weight is 421 g/mol. The van der Waals surface area contributed by atoms with Crippen molar-refractivity contribution in [3.05, 3.63) is 35.9 Å². The third-order valence-corrected chi connectivity index (χ3v) is 3.89. The summed E-state index contributed by atoms with van der Waals surface area (Å²) < 4.78 is 5.22. The summed E-state index contributed by atoms with van der Waals surface area (Å²) >= 11 is 0. The van der Waals surface area contributed by atoms with Crippen molar-refractivity contribution in [1.29, 1.82) is 5.41 Å². The first-order valence-electron chi connectivity index (χ1n) is 9.62. The van der Waals surface area contributed by atoms with E-state index in [9.17, 15) is 19.5 Å². The molecule has 0 spiro atoms. The molecule has 0 saturated heterocycles. The molecule has 10 nitrogen and oxygen atoms in total. The molecule has 0 unspecified atom stereocenters. The number of carboxylic acid groups (broad SMARTS) is 1. The quantitative estimate of drug-likeness (QED) is 0.186. The fourth-order valence-electron chi connectivity index (χ4n) is 2.57. The van der Waals surface area contributed by atoms with Crippen molar-refractivity contribution >= 4 is 23.9 Å². The first kappa shape index (κ1) is 24.7. The summed E-state index contributed by atoms with van der Waals surface area (Å²) in [6.07, 6.45) is -0.0912. The van der Waals surface area contributed by atoms with Crippen LogP contribution in [0.3, 0.4) is 0 Å². The summed E-state index contributed by atoms with van der Waals surface area (Å²) in [5.41, 5.74) is 5.24. The summed E-state index contributed by atoms with van der Waals surface area (Å²) in [5.74, 6) is -2.03. The van der Waals surface area contributed by atoms with Crippen LogP contribution in [0.1, 0.15) is 39.2 Å². The van der Waals surface area contributed by atoms with Gasteiger partial charge in [-0.3, -0.25) is 10.2 Å². The number of nitrogens with two attached hydrogens (primary N) is 1. The molecule has 0 radical (unpaired) electrons. The van der Waals surface area contributed by atoms with E-state index >= 15 is 0 Å². The molecule has 1 aromatic carbocycles. The highest BCUT2D eigenvalue weighted by atomic mass is 16.6. The van der Waals surface area contributed by atoms with Gasteiger partial charge >= 0.3 is 12.1 Å². The molecule has 10 heteroatoms. The molecule has 0 aliphatic carbocycles. The van der Waals surface area contributed by atoms with Gasteiger partial charge in [-0.2, -0.15) is 0 Å². The van der Waals surface area contributed by atoms with E-state index in [1.165, 1.54) is 0 Å². The molecule has 0 aromatic heterocycles. The number of carboxylic acids is 1. The van der Waals surface area contributed by atoms with Gasteiger partial charge in [0.2, 0.25) is 5.91 Å². The smallest absolute Gasteiger partial charge is 0.408 e. The van der Waals surface area contributed by atoms with Crippen LogP contribution in [0.5, 0.6) is 0 Å². The van der Waals surface area contributed by atoms with Gasteiger partial charge in [0.05, 0.1) is 0 Å². The summed E-state index contributed by atoms with van der Waals surface area (Å²) in [5, 5.41) is 24.1. The predicted molar refractivity (Wildman–Crippen MR) is 112 cm³/mol. The number of nitrogens with one attached hydrogen (secondary N) is 4. The Labute approximate surface area is 176 Å². The van der Waals surface area contributed by atoms with Crippen LogP contribution in [0.2, 0.25) is 0 Å². The molecular formula is C20H31N5O5. The second-order valence-electron chi connectivity index (χ2n) is 7.77. The van der Waals surface area contributed by atoms with E-state index in [0.717, 1.165) is 5.56 Å². The lowest BCUT2D eigenvalue weighted by Gasteiger charge is -2.24. The third kappa shape index (κ3) is 10.3. The van der Waals surface area contributed by atoms with Gasteiger partial charge in [0.25, 0.3) is 0 Å². The van der Waals surface area contributed by atoms with E-state index in [2.05, 4.69) is 16.0 Å². The third-order valence-electron chi connectivity index (χ3n) is 3.89. The van der Waals surface area contributed by atoms with E-state index in [4.69, 9.17) is 15.9 Å². The number of guanidine groups is 1. The molecule has 2 atom stereocenters. The minimum atomic E-state index is -1.19. The highest BCUT2D eigenvalue weighted by Crippen LogP contribution is 2.09. The molecule has 1 rings (SSSR count). The summed E-state index contributed by atoms with van der Waals surface area (Å²) in [4.78, 5) is 36.5. The molecule has 166 valence electrons. The van der Waals surface area contributed by atoms with Crippen LogP contribution in [-0.2, 0) is 20.7 Å². The fourth-order valence-corrected chi connectivity index (χ4v) is 2.57. The second kappa shape index (κ2) is 11.6. The Balaban J connectivity index is 2.83. The van der Waals surface area contributed by atoms with Crippen LogP contribution in [0.25, 0.3) is 0 Å². The first-order chi connectivity index (χ1) is 14.0. The Morgan fingerprint density at radius 2 is 1.77 bits per heavy atom. The number of amides is 2. The van der Waals surface area contributed by atoms with Gasteiger partial charge in [0, 0.05) is 13.0 Å². The lowest BCUT2D eigenvalue weighted by Crippen LogP contribution is -2.53. The molecule has 30 heavy (non-hydrogen) atoms. The minimum Gasteiger partial charge on any atom is -0.480 e. The fraction of sp³-hybridized carbons (Fsp3) is 0.500. The highest BCUT2D eigenvalue weighted by molar-refractivity contribution is 5.89. The number of carbonyl (C=O) groups excluding carboxylic acids is 2. The Hall–Kier alpha value is -3.30. The largest absolute Gasteiger partial charge is 0.480 e. The van der Waals surface area contributed by atoms with E-state index in [-0.39, 0.29) is 18.8 Å². The zero-order chi connectivity index (χ0) is 22.7. The zero-order valence-corrected chi connectivity index (χ0v) is 17.5. The van der Waals surface area contributed by atoms with Crippen LogP contribution >= 0.6 is 0 Å². The molecule has 2 amide bonds. The van der Waals surface area contributed by atoms with Crippen molar-refractivity contribution in [2.75, 3.05) is 6.54 Å². The Bertz CT molecular complexity index is 733. The van der Waals surface area contributed by atoms with Crippen LogP contribution < -0.4 is 21.7 Å². The number of alkyl carbamates (subject to hydrolysis) is 1. The van der Waals surface area contributed by atoms with E-state index in [0.29, 0.717) is 13.0 Å². The Morgan fingerprint density at radius 1 is 1.13 bits per heavy atom. The molecule has 0 heterocycles. The molecular weight excluding hydrogens is 390 g/mol. The predicted octanol–water partition coefficient (Wildman–Crippen LogP) is 0.955. The van der Waals surface area contributed by atoms with Gasteiger partial charge < -0.3 is 31.5 Å². The van der Waals surface area contributed by atoms with Crippen molar-refractivity contribution in [3.8, 4) is 0 Å². The van der Waals surface area contributed by atoms with Crippen LogP contribution in [0, 0.1) is 5.41 Å². The number of aliphatic carboxylic acids is 1. The van der Waals surface area contributed by atoms with E-state index in [1.54, 1.807) is 45.0 Å². The molecule has 0 saturated carbocycles. The number of hydrogen-bond donors (Lipinski definition) is 6. The number of rotatable bonds is 10.